The Hall–Kier alpha value is -3.66. The van der Waals surface area contributed by atoms with Gasteiger partial charge in [-0.25, -0.2) is 12.8 Å². The second-order valence-electron chi connectivity index (χ2n) is 6.67. The first-order chi connectivity index (χ1) is 15.2. The number of sulfone groups is 1. The zero-order chi connectivity index (χ0) is 23.3. The Balaban J connectivity index is 1.61. The first kappa shape index (κ1) is 23.0. The molecule has 0 spiro atoms. The van der Waals surface area contributed by atoms with Crippen molar-refractivity contribution in [3.8, 4) is 0 Å². The minimum atomic E-state index is -4.73. The largest absolute Gasteiger partial charge is 0.348 e. The highest BCUT2D eigenvalue weighted by Gasteiger charge is 2.26. The van der Waals surface area contributed by atoms with Crippen LogP contribution in [0.15, 0.2) is 77.7 Å². The highest BCUT2D eigenvalue weighted by atomic mass is 32.2. The van der Waals surface area contributed by atoms with Gasteiger partial charge < -0.3 is 10.6 Å². The number of hydrogen-bond donors (Lipinski definition) is 2. The molecule has 0 aliphatic heterocycles. The van der Waals surface area contributed by atoms with E-state index in [1.165, 1.54) is 24.3 Å². The summed E-state index contributed by atoms with van der Waals surface area (Å²) in [6.45, 7) is 0.0934. The van der Waals surface area contributed by atoms with E-state index in [1.807, 2.05) is 0 Å². The number of rotatable bonds is 7. The van der Waals surface area contributed by atoms with Gasteiger partial charge in [-0.3, -0.25) is 9.59 Å². The molecular weight excluding hydrogens is 445 g/mol. The summed E-state index contributed by atoms with van der Waals surface area (Å²) >= 11 is 0. The van der Waals surface area contributed by atoms with E-state index in [1.54, 1.807) is 24.3 Å². The molecule has 0 aliphatic carbocycles. The Morgan fingerprint density at radius 2 is 1.44 bits per heavy atom. The van der Waals surface area contributed by atoms with Crippen molar-refractivity contribution in [2.45, 2.75) is 17.2 Å². The molecule has 0 radical (unpaired) electrons. The third-order valence-corrected chi connectivity index (χ3v) is 5.82. The molecule has 166 valence electrons. The molecule has 2 N–H and O–H groups in total. The van der Waals surface area contributed by atoms with Crippen LogP contribution < -0.4 is 10.6 Å². The minimum Gasteiger partial charge on any atom is -0.348 e. The van der Waals surface area contributed by atoms with Crippen LogP contribution in [0, 0.1) is 5.82 Å². The van der Waals surface area contributed by atoms with Crippen molar-refractivity contribution in [2.24, 2.45) is 0 Å². The van der Waals surface area contributed by atoms with Gasteiger partial charge in [-0.05, 0) is 66.2 Å². The standard InChI is InChI=1S/C22H17F3N2O4S/c23-17-8-4-16(5-9-17)21(29)27-18-3-1-2-14(12-18)13-26-20(28)15-6-10-19(11-7-15)32(30,31)22(24)25/h1-12,22H,13H2,(H,26,28)(H,27,29). The summed E-state index contributed by atoms with van der Waals surface area (Å²) < 4.78 is 61.0. The van der Waals surface area contributed by atoms with Crippen LogP contribution in [0.4, 0.5) is 18.9 Å². The van der Waals surface area contributed by atoms with Gasteiger partial charge in [0.1, 0.15) is 5.82 Å². The lowest BCUT2D eigenvalue weighted by molar-refractivity contribution is 0.0949. The maximum Gasteiger partial charge on any atom is 0.341 e. The Bertz CT molecular complexity index is 1230. The molecular formula is C22H17F3N2O4S. The predicted octanol–water partition coefficient (Wildman–Crippen LogP) is 4.00. The first-order valence-electron chi connectivity index (χ1n) is 9.23. The molecule has 0 bridgehead atoms. The number of anilines is 1. The van der Waals surface area contributed by atoms with E-state index in [4.69, 9.17) is 0 Å². The van der Waals surface area contributed by atoms with Crippen LogP contribution in [0.3, 0.4) is 0 Å². The number of benzene rings is 3. The fraction of sp³-hybridized carbons (Fsp3) is 0.0909. The molecule has 0 aromatic heterocycles. The summed E-state index contributed by atoms with van der Waals surface area (Å²) in [5.74, 6) is -4.96. The van der Waals surface area contributed by atoms with E-state index >= 15 is 0 Å². The van der Waals surface area contributed by atoms with Gasteiger partial charge >= 0.3 is 5.76 Å². The number of carbonyl (C=O) groups excluding carboxylic acids is 2. The molecule has 3 aromatic rings. The van der Waals surface area contributed by atoms with Crippen LogP contribution in [-0.4, -0.2) is 26.0 Å². The number of amides is 2. The van der Waals surface area contributed by atoms with Crippen molar-refractivity contribution in [1.82, 2.24) is 5.32 Å². The van der Waals surface area contributed by atoms with Crippen molar-refractivity contribution >= 4 is 27.3 Å². The molecule has 0 saturated carbocycles. The average molecular weight is 462 g/mol. The number of hydrogen-bond acceptors (Lipinski definition) is 4. The zero-order valence-corrected chi connectivity index (χ0v) is 17.2. The van der Waals surface area contributed by atoms with Crippen molar-refractivity contribution in [2.75, 3.05) is 5.32 Å². The summed E-state index contributed by atoms with van der Waals surface area (Å²) in [7, 11) is -4.73. The lowest BCUT2D eigenvalue weighted by Crippen LogP contribution is -2.23. The van der Waals surface area contributed by atoms with E-state index in [9.17, 15) is 31.2 Å². The topological polar surface area (TPSA) is 92.3 Å². The quantitative estimate of drug-likeness (QED) is 0.555. The van der Waals surface area contributed by atoms with Gasteiger partial charge in [0.25, 0.3) is 11.8 Å². The normalized spacial score (nSPS) is 11.2. The molecule has 0 heterocycles. The maximum atomic E-state index is 13.0. The molecule has 0 atom stereocenters. The van der Waals surface area contributed by atoms with Gasteiger partial charge in [-0.1, -0.05) is 12.1 Å². The second kappa shape index (κ2) is 9.65. The van der Waals surface area contributed by atoms with Gasteiger partial charge in [0, 0.05) is 23.4 Å². The van der Waals surface area contributed by atoms with E-state index in [0.717, 1.165) is 24.3 Å². The van der Waals surface area contributed by atoms with Gasteiger partial charge in [0.2, 0.25) is 9.84 Å². The first-order valence-corrected chi connectivity index (χ1v) is 10.8. The molecule has 3 rings (SSSR count). The highest BCUT2D eigenvalue weighted by molar-refractivity contribution is 7.91. The fourth-order valence-corrected chi connectivity index (χ4v) is 3.47. The Labute approximate surface area is 182 Å². The van der Waals surface area contributed by atoms with E-state index < -0.39 is 38.1 Å². The number of alkyl halides is 2. The molecule has 0 unspecified atom stereocenters. The molecule has 0 aliphatic rings. The smallest absolute Gasteiger partial charge is 0.341 e. The lowest BCUT2D eigenvalue weighted by Gasteiger charge is -2.09. The van der Waals surface area contributed by atoms with Crippen LogP contribution in [0.5, 0.6) is 0 Å². The van der Waals surface area contributed by atoms with Crippen molar-refractivity contribution in [3.63, 3.8) is 0 Å². The van der Waals surface area contributed by atoms with Gasteiger partial charge in [0.05, 0.1) is 4.90 Å². The molecule has 3 aromatic carbocycles. The minimum absolute atomic E-state index is 0.0934. The lowest BCUT2D eigenvalue weighted by atomic mass is 10.1. The van der Waals surface area contributed by atoms with Crippen molar-refractivity contribution in [3.05, 3.63) is 95.3 Å². The fourth-order valence-electron chi connectivity index (χ4n) is 2.75. The van der Waals surface area contributed by atoms with Crippen LogP contribution in [0.1, 0.15) is 26.3 Å². The van der Waals surface area contributed by atoms with E-state index in [0.29, 0.717) is 11.3 Å². The second-order valence-corrected chi connectivity index (χ2v) is 8.59. The average Bonchev–Trinajstić information content (AvgIpc) is 2.78. The molecule has 6 nitrogen and oxygen atoms in total. The Kier molecular flexibility index (Phi) is 6.94. The van der Waals surface area contributed by atoms with Gasteiger partial charge in [-0.15, -0.1) is 0 Å². The molecule has 0 saturated heterocycles. The molecule has 0 fully saturated rings. The Morgan fingerprint density at radius 1 is 0.844 bits per heavy atom. The summed E-state index contributed by atoms with van der Waals surface area (Å²) in [5.41, 5.74) is 1.50. The van der Waals surface area contributed by atoms with Crippen LogP contribution in [0.2, 0.25) is 0 Å². The van der Waals surface area contributed by atoms with Crippen LogP contribution in [0.25, 0.3) is 0 Å². The number of carbonyl (C=O) groups is 2. The summed E-state index contributed by atoms with van der Waals surface area (Å²) in [6.07, 6.45) is 0. The SMILES string of the molecule is O=C(NCc1cccc(NC(=O)c2ccc(F)cc2)c1)c1ccc(S(=O)(=O)C(F)F)cc1. The summed E-state index contributed by atoms with van der Waals surface area (Å²) in [4.78, 5) is 23.9. The molecule has 32 heavy (non-hydrogen) atoms. The van der Waals surface area contributed by atoms with Crippen molar-refractivity contribution < 1.29 is 31.2 Å². The third-order valence-electron chi connectivity index (χ3n) is 4.42. The summed E-state index contributed by atoms with van der Waals surface area (Å²) in [6, 6.07) is 15.9. The predicted molar refractivity (Wildman–Crippen MR) is 112 cm³/mol. The van der Waals surface area contributed by atoms with E-state index in [-0.39, 0.29) is 17.7 Å². The van der Waals surface area contributed by atoms with Crippen molar-refractivity contribution in [1.29, 1.82) is 0 Å². The Morgan fingerprint density at radius 3 is 2.06 bits per heavy atom. The van der Waals surface area contributed by atoms with E-state index in [2.05, 4.69) is 10.6 Å². The van der Waals surface area contributed by atoms with Gasteiger partial charge in [0.15, 0.2) is 0 Å². The summed E-state index contributed by atoms with van der Waals surface area (Å²) in [5, 5.41) is 5.30. The number of nitrogens with one attached hydrogen (secondary N) is 2. The maximum absolute atomic E-state index is 13.0. The van der Waals surface area contributed by atoms with Crippen LogP contribution in [-0.2, 0) is 16.4 Å². The number of halogens is 3. The third kappa shape index (κ3) is 5.52. The monoisotopic (exact) mass is 462 g/mol. The molecule has 10 heteroatoms. The van der Waals surface area contributed by atoms with Gasteiger partial charge in [-0.2, -0.15) is 8.78 Å². The molecule has 2 amide bonds. The highest BCUT2D eigenvalue weighted by Crippen LogP contribution is 2.19. The van der Waals surface area contributed by atoms with Crippen LogP contribution >= 0.6 is 0 Å². The zero-order valence-electron chi connectivity index (χ0n) is 16.4.